The number of fused-ring (bicyclic) bond motifs is 1. The summed E-state index contributed by atoms with van der Waals surface area (Å²) in [5, 5.41) is 5.56. The number of rotatable bonds is 8. The summed E-state index contributed by atoms with van der Waals surface area (Å²) in [5.41, 5.74) is 3.09. The summed E-state index contributed by atoms with van der Waals surface area (Å²) >= 11 is 12.3. The lowest BCUT2D eigenvalue weighted by Gasteiger charge is -2.36. The second kappa shape index (κ2) is 10.4. The smallest absolute Gasteiger partial charge is 0.225 e. The zero-order valence-electron chi connectivity index (χ0n) is 17.5. The van der Waals surface area contributed by atoms with Crippen molar-refractivity contribution >= 4 is 45.7 Å². The second-order valence-electron chi connectivity index (χ2n) is 8.04. The third kappa shape index (κ3) is 5.94. The average molecular weight is 459 g/mol. The molecule has 3 aromatic rings. The number of anilines is 1. The van der Waals surface area contributed by atoms with Crippen LogP contribution in [0.2, 0.25) is 10.0 Å². The molecule has 1 aromatic heterocycles. The average Bonchev–Trinajstić information content (AvgIpc) is 3.16. The van der Waals surface area contributed by atoms with E-state index in [1.807, 2.05) is 36.4 Å². The molecule has 4 rings (SSSR count). The van der Waals surface area contributed by atoms with Gasteiger partial charge in [0.05, 0.1) is 17.1 Å². The minimum atomic E-state index is 0.0695. The Morgan fingerprint density at radius 1 is 1.00 bits per heavy atom. The molecule has 0 saturated carbocycles. The molecule has 0 radical (unpaired) electrons. The highest BCUT2D eigenvalue weighted by Gasteiger charge is 2.18. The van der Waals surface area contributed by atoms with Crippen LogP contribution in [0, 0.1) is 0 Å². The van der Waals surface area contributed by atoms with Gasteiger partial charge in [0.1, 0.15) is 0 Å². The number of carbonyl (C=O) groups excluding carboxylic acids is 1. The number of aromatic amines is 1. The van der Waals surface area contributed by atoms with E-state index in [2.05, 4.69) is 26.2 Å². The summed E-state index contributed by atoms with van der Waals surface area (Å²) in [4.78, 5) is 20.3. The monoisotopic (exact) mass is 458 g/mol. The summed E-state index contributed by atoms with van der Waals surface area (Å²) in [6, 6.07) is 15.8. The van der Waals surface area contributed by atoms with Gasteiger partial charge < -0.3 is 15.2 Å². The van der Waals surface area contributed by atoms with Crippen LogP contribution in [0.15, 0.2) is 48.5 Å². The molecule has 2 aromatic carbocycles. The van der Waals surface area contributed by atoms with Crippen LogP contribution in [0.3, 0.4) is 0 Å². The molecule has 2 N–H and O–H groups in total. The predicted octanol–water partition coefficient (Wildman–Crippen LogP) is 4.74. The molecule has 0 aliphatic carbocycles. The number of piperazine rings is 1. The maximum absolute atomic E-state index is 12.2. The molecule has 0 spiro atoms. The van der Waals surface area contributed by atoms with E-state index in [0.29, 0.717) is 16.5 Å². The van der Waals surface area contributed by atoms with Gasteiger partial charge in [-0.2, -0.15) is 0 Å². The zero-order valence-corrected chi connectivity index (χ0v) is 19.1. The Morgan fingerprint density at radius 2 is 1.81 bits per heavy atom. The molecular weight excluding hydrogens is 431 g/mol. The summed E-state index contributed by atoms with van der Waals surface area (Å²) < 4.78 is 0. The molecule has 5 nitrogen and oxygen atoms in total. The van der Waals surface area contributed by atoms with E-state index in [9.17, 15) is 4.79 Å². The first kappa shape index (κ1) is 22.0. The molecule has 0 bridgehead atoms. The number of hydrogen-bond acceptors (Lipinski definition) is 3. The lowest BCUT2D eigenvalue weighted by atomic mass is 10.2. The topological polar surface area (TPSA) is 51.4 Å². The number of benzene rings is 2. The van der Waals surface area contributed by atoms with Crippen LogP contribution in [0.1, 0.15) is 18.5 Å². The minimum Gasteiger partial charge on any atom is -0.368 e. The van der Waals surface area contributed by atoms with Crippen molar-refractivity contribution in [2.24, 2.45) is 0 Å². The Labute approximate surface area is 193 Å². The molecule has 1 aliphatic heterocycles. The van der Waals surface area contributed by atoms with Gasteiger partial charge in [0, 0.05) is 49.0 Å². The summed E-state index contributed by atoms with van der Waals surface area (Å²) in [7, 11) is 0. The highest BCUT2D eigenvalue weighted by atomic mass is 35.5. The fourth-order valence-corrected chi connectivity index (χ4v) is 4.63. The molecule has 0 atom stereocenters. The Hall–Kier alpha value is -2.21. The van der Waals surface area contributed by atoms with Gasteiger partial charge in [-0.05, 0) is 55.1 Å². The van der Waals surface area contributed by atoms with E-state index in [1.165, 1.54) is 0 Å². The number of aromatic nitrogens is 1. The van der Waals surface area contributed by atoms with E-state index in [1.54, 1.807) is 6.07 Å². The Balaban J connectivity index is 1.11. The molecule has 1 amide bonds. The first-order valence-corrected chi connectivity index (χ1v) is 11.6. The minimum absolute atomic E-state index is 0.0695. The van der Waals surface area contributed by atoms with Crippen molar-refractivity contribution < 1.29 is 4.79 Å². The van der Waals surface area contributed by atoms with E-state index in [0.717, 1.165) is 74.4 Å². The van der Waals surface area contributed by atoms with Crippen LogP contribution in [0.5, 0.6) is 0 Å². The summed E-state index contributed by atoms with van der Waals surface area (Å²) in [6.45, 7) is 5.74. The predicted molar refractivity (Wildman–Crippen MR) is 129 cm³/mol. The van der Waals surface area contributed by atoms with Gasteiger partial charge in [-0.1, -0.05) is 41.4 Å². The number of nitrogens with zero attached hydrogens (tertiary/aromatic N) is 2. The van der Waals surface area contributed by atoms with Crippen molar-refractivity contribution in [3.05, 3.63) is 64.3 Å². The summed E-state index contributed by atoms with van der Waals surface area (Å²) in [6.07, 6.45) is 2.46. The van der Waals surface area contributed by atoms with Crippen molar-refractivity contribution in [2.75, 3.05) is 44.2 Å². The van der Waals surface area contributed by atoms with Crippen LogP contribution in [-0.2, 0) is 11.2 Å². The summed E-state index contributed by atoms with van der Waals surface area (Å²) in [5.74, 6) is 0.0695. The number of para-hydroxylation sites is 1. The maximum Gasteiger partial charge on any atom is 0.225 e. The van der Waals surface area contributed by atoms with E-state index < -0.39 is 0 Å². The van der Waals surface area contributed by atoms with Crippen molar-refractivity contribution in [3.8, 4) is 0 Å². The van der Waals surface area contributed by atoms with E-state index in [4.69, 9.17) is 23.2 Å². The molecule has 164 valence electrons. The number of carbonyl (C=O) groups is 1. The third-order valence-corrected chi connectivity index (χ3v) is 6.32. The Morgan fingerprint density at radius 3 is 2.58 bits per heavy atom. The van der Waals surface area contributed by atoms with Crippen molar-refractivity contribution in [1.82, 2.24) is 15.2 Å². The number of amides is 1. The molecule has 1 fully saturated rings. The highest BCUT2D eigenvalue weighted by Crippen LogP contribution is 2.29. The standard InChI is InChI=1S/C24H28Cl2N4O/c25-19-7-8-23(21(26)16-19)30-13-11-29(12-14-30)10-4-3-9-27-24(31)17-20-15-18-5-1-2-6-22(18)28-20/h1-2,5-8,15-16,28H,3-4,9-14,17H2,(H,27,31). The molecule has 31 heavy (non-hydrogen) atoms. The van der Waals surface area contributed by atoms with Crippen molar-refractivity contribution in [2.45, 2.75) is 19.3 Å². The molecule has 2 heterocycles. The molecule has 7 heteroatoms. The van der Waals surface area contributed by atoms with E-state index in [-0.39, 0.29) is 5.91 Å². The van der Waals surface area contributed by atoms with Gasteiger partial charge in [-0.3, -0.25) is 9.69 Å². The van der Waals surface area contributed by atoms with E-state index >= 15 is 0 Å². The fourth-order valence-electron chi connectivity index (χ4n) is 4.10. The highest BCUT2D eigenvalue weighted by molar-refractivity contribution is 6.36. The van der Waals surface area contributed by atoms with Gasteiger partial charge >= 0.3 is 0 Å². The van der Waals surface area contributed by atoms with Crippen LogP contribution in [0.4, 0.5) is 5.69 Å². The van der Waals surface area contributed by atoms with Gasteiger partial charge in [0.15, 0.2) is 0 Å². The molecule has 1 saturated heterocycles. The van der Waals surface area contributed by atoms with Gasteiger partial charge in [0.25, 0.3) is 0 Å². The number of nitrogens with one attached hydrogen (secondary N) is 2. The van der Waals surface area contributed by atoms with Crippen molar-refractivity contribution in [3.63, 3.8) is 0 Å². The number of unbranched alkanes of at least 4 members (excludes halogenated alkanes) is 1. The molecule has 1 aliphatic rings. The quantitative estimate of drug-likeness (QED) is 0.479. The van der Waals surface area contributed by atoms with Gasteiger partial charge in [-0.15, -0.1) is 0 Å². The third-order valence-electron chi connectivity index (χ3n) is 5.78. The largest absolute Gasteiger partial charge is 0.368 e. The zero-order chi connectivity index (χ0) is 21.6. The SMILES string of the molecule is O=C(Cc1cc2ccccc2[nH]1)NCCCCN1CCN(c2ccc(Cl)cc2Cl)CC1. The molecular formula is C24H28Cl2N4O. The first-order valence-electron chi connectivity index (χ1n) is 10.8. The van der Waals surface area contributed by atoms with Gasteiger partial charge in [0.2, 0.25) is 5.91 Å². The van der Waals surface area contributed by atoms with Crippen LogP contribution >= 0.6 is 23.2 Å². The Kier molecular flexibility index (Phi) is 7.38. The van der Waals surface area contributed by atoms with Crippen molar-refractivity contribution in [1.29, 1.82) is 0 Å². The van der Waals surface area contributed by atoms with Crippen LogP contribution < -0.4 is 10.2 Å². The lowest BCUT2D eigenvalue weighted by Crippen LogP contribution is -2.46. The van der Waals surface area contributed by atoms with Crippen LogP contribution in [0.25, 0.3) is 10.9 Å². The van der Waals surface area contributed by atoms with Crippen LogP contribution in [-0.4, -0.2) is 55.1 Å². The fraction of sp³-hybridized carbons (Fsp3) is 0.375. The number of H-pyrrole nitrogens is 1. The number of hydrogen-bond donors (Lipinski definition) is 2. The maximum atomic E-state index is 12.2. The molecule has 0 unspecified atom stereocenters. The first-order chi connectivity index (χ1) is 15.1. The second-order valence-corrected chi connectivity index (χ2v) is 8.88. The number of halogens is 2. The normalized spacial score (nSPS) is 14.8. The Bertz CT molecular complexity index is 994. The lowest BCUT2D eigenvalue weighted by molar-refractivity contribution is -0.120. The van der Waals surface area contributed by atoms with Gasteiger partial charge in [-0.25, -0.2) is 0 Å².